The minimum absolute atomic E-state index is 0.0101. The molecular formula is C29H38N2O7. The van der Waals surface area contributed by atoms with Gasteiger partial charge in [-0.3, -0.25) is 9.59 Å². The van der Waals surface area contributed by atoms with Gasteiger partial charge >= 0.3 is 5.97 Å². The first-order valence-electron chi connectivity index (χ1n) is 14.0. The summed E-state index contributed by atoms with van der Waals surface area (Å²) in [6.45, 7) is 6.68. The molecule has 9 nitrogen and oxygen atoms in total. The van der Waals surface area contributed by atoms with Crippen LogP contribution in [0.1, 0.15) is 64.9 Å². The van der Waals surface area contributed by atoms with Gasteiger partial charge in [0.05, 0.1) is 6.42 Å². The number of hydrogen-bond acceptors (Lipinski definition) is 7. The molecular weight excluding hydrogens is 488 g/mol. The Bertz CT molecular complexity index is 1200. The van der Waals surface area contributed by atoms with Gasteiger partial charge in [-0.15, -0.1) is 0 Å². The molecule has 1 spiro atoms. The van der Waals surface area contributed by atoms with Crippen LogP contribution in [0, 0.1) is 23.7 Å². The van der Waals surface area contributed by atoms with Crippen LogP contribution in [0.5, 0.6) is 0 Å². The maximum Gasteiger partial charge on any atom is 0.308 e. The molecule has 1 aromatic heterocycles. The first kappa shape index (κ1) is 25.8. The number of carbonyl (C=O) groups excluding carboxylic acids is 2. The second kappa shape index (κ2) is 9.93. The molecule has 5 fully saturated rings. The largest absolute Gasteiger partial charge is 0.435 e. The van der Waals surface area contributed by atoms with Crippen LogP contribution < -0.4 is 5.32 Å². The Morgan fingerprint density at radius 1 is 1.11 bits per heavy atom. The third-order valence-electron chi connectivity index (χ3n) is 9.29. The molecule has 1 aliphatic carbocycles. The standard InChI is InChI=1S/C29H38N2O7/c1-17-8-9-22-18(2)26(35-27-29(22)21(17)12-14-28(3,36-27)37-38-29)34-25(33)11-10-24(32)30-15-13-19-16-31-23-7-5-4-6-20(19)23/h4-7,16-18,21-22,26-27,31H,8-15H2,1-3H3,(H,30,32)/t17-,18-,21+,22+,26-,27-,28-,29+/m1/s1. The van der Waals surface area contributed by atoms with E-state index in [-0.39, 0.29) is 36.5 Å². The third kappa shape index (κ3) is 4.43. The van der Waals surface area contributed by atoms with E-state index in [0.717, 1.165) is 42.1 Å². The number of nitrogens with one attached hydrogen (secondary N) is 2. The van der Waals surface area contributed by atoms with E-state index in [4.69, 9.17) is 24.0 Å². The highest BCUT2D eigenvalue weighted by Gasteiger charge is 2.69. The molecule has 0 radical (unpaired) electrons. The minimum atomic E-state index is -0.878. The molecule has 1 amide bonds. The number of aromatic amines is 1. The van der Waals surface area contributed by atoms with Gasteiger partial charge in [0.2, 0.25) is 18.0 Å². The first-order valence-corrected chi connectivity index (χ1v) is 14.0. The molecule has 5 heterocycles. The van der Waals surface area contributed by atoms with Crippen molar-refractivity contribution >= 4 is 22.8 Å². The van der Waals surface area contributed by atoms with E-state index in [1.54, 1.807) is 0 Å². The predicted molar refractivity (Wildman–Crippen MR) is 137 cm³/mol. The Morgan fingerprint density at radius 3 is 2.82 bits per heavy atom. The summed E-state index contributed by atoms with van der Waals surface area (Å²) < 4.78 is 18.4. The van der Waals surface area contributed by atoms with E-state index in [1.807, 2.05) is 38.2 Å². The van der Waals surface area contributed by atoms with E-state index in [2.05, 4.69) is 23.3 Å². The lowest BCUT2D eigenvalue weighted by Crippen LogP contribution is -2.70. The topological polar surface area (TPSA) is 108 Å². The lowest BCUT2D eigenvalue weighted by atomic mass is 9.58. The number of amides is 1. The van der Waals surface area contributed by atoms with Crippen molar-refractivity contribution in [1.82, 2.24) is 10.3 Å². The van der Waals surface area contributed by atoms with Gasteiger partial charge in [-0.2, -0.15) is 0 Å². The molecule has 4 saturated heterocycles. The summed E-state index contributed by atoms with van der Waals surface area (Å²) in [4.78, 5) is 40.4. The van der Waals surface area contributed by atoms with Crippen LogP contribution in [-0.2, 0) is 40.0 Å². The molecule has 5 aliphatic rings. The average Bonchev–Trinajstić information content (AvgIpc) is 3.17. The van der Waals surface area contributed by atoms with Crippen molar-refractivity contribution in [3.8, 4) is 0 Å². The molecule has 1 aromatic carbocycles. The second-order valence-corrected chi connectivity index (χ2v) is 11.7. The fourth-order valence-electron chi connectivity index (χ4n) is 7.17. The molecule has 38 heavy (non-hydrogen) atoms. The number of carbonyl (C=O) groups is 2. The Labute approximate surface area is 222 Å². The molecule has 9 heteroatoms. The van der Waals surface area contributed by atoms with Gasteiger partial charge in [0.1, 0.15) is 0 Å². The number of aromatic nitrogens is 1. The van der Waals surface area contributed by atoms with Gasteiger partial charge < -0.3 is 24.5 Å². The Hall–Kier alpha value is -2.46. The SMILES string of the molecule is C[C@H]1[C@H](OC(=O)CCC(=O)NCCc2c[nH]c3ccccc23)O[C@@H]2O[C@@]3(C)CC[C@H]4[C@H](C)CC[C@@H]1[C@]24OO3. The quantitative estimate of drug-likeness (QED) is 0.408. The molecule has 2 N–H and O–H groups in total. The normalized spacial score (nSPS) is 37.9. The van der Waals surface area contributed by atoms with Crippen molar-refractivity contribution in [2.24, 2.45) is 23.7 Å². The van der Waals surface area contributed by atoms with Crippen molar-refractivity contribution in [2.45, 2.75) is 89.7 Å². The van der Waals surface area contributed by atoms with Crippen molar-refractivity contribution in [2.75, 3.05) is 6.54 Å². The van der Waals surface area contributed by atoms with Gasteiger partial charge in [0, 0.05) is 48.3 Å². The van der Waals surface area contributed by atoms with Gasteiger partial charge in [0.15, 0.2) is 11.9 Å². The Kier molecular flexibility index (Phi) is 6.74. The van der Waals surface area contributed by atoms with Gasteiger partial charge in [-0.05, 0) is 56.1 Å². The summed E-state index contributed by atoms with van der Waals surface area (Å²) in [7, 11) is 0. The summed E-state index contributed by atoms with van der Waals surface area (Å²) in [5.74, 6) is -0.802. The van der Waals surface area contributed by atoms with E-state index in [0.29, 0.717) is 18.9 Å². The highest BCUT2D eigenvalue weighted by atomic mass is 17.3. The molecule has 1 saturated carbocycles. The number of fused-ring (bicyclic) bond motifs is 3. The maximum absolute atomic E-state index is 12.8. The first-order chi connectivity index (χ1) is 18.3. The number of hydrogen-bond donors (Lipinski definition) is 2. The summed E-state index contributed by atoms with van der Waals surface area (Å²) in [5, 5.41) is 4.07. The Morgan fingerprint density at radius 2 is 1.95 bits per heavy atom. The van der Waals surface area contributed by atoms with Crippen LogP contribution in [-0.4, -0.2) is 47.4 Å². The van der Waals surface area contributed by atoms with Crippen molar-refractivity contribution in [1.29, 1.82) is 0 Å². The smallest absolute Gasteiger partial charge is 0.308 e. The van der Waals surface area contributed by atoms with Gasteiger partial charge in [0.25, 0.3) is 0 Å². The zero-order valence-corrected chi connectivity index (χ0v) is 22.4. The monoisotopic (exact) mass is 526 g/mol. The fraction of sp³-hybridized carbons (Fsp3) is 0.655. The number of benzene rings is 1. The number of para-hydroxylation sites is 1. The average molecular weight is 527 g/mol. The van der Waals surface area contributed by atoms with Crippen molar-refractivity contribution < 1.29 is 33.6 Å². The van der Waals surface area contributed by atoms with E-state index >= 15 is 0 Å². The van der Waals surface area contributed by atoms with Crippen LogP contribution >= 0.6 is 0 Å². The lowest BCUT2D eigenvalue weighted by molar-refractivity contribution is -0.576. The molecule has 7 rings (SSSR count). The highest BCUT2D eigenvalue weighted by molar-refractivity contribution is 5.83. The van der Waals surface area contributed by atoms with E-state index < -0.39 is 29.9 Å². The number of rotatable bonds is 7. The lowest BCUT2D eigenvalue weighted by Gasteiger charge is -2.59. The molecule has 0 unspecified atom stereocenters. The second-order valence-electron chi connectivity index (χ2n) is 11.7. The number of ether oxygens (including phenoxy) is 3. The molecule has 4 aliphatic heterocycles. The van der Waals surface area contributed by atoms with Crippen LogP contribution in [0.25, 0.3) is 10.9 Å². The molecule has 2 bridgehead atoms. The van der Waals surface area contributed by atoms with Crippen LogP contribution in [0.4, 0.5) is 0 Å². The van der Waals surface area contributed by atoms with Crippen molar-refractivity contribution in [3.63, 3.8) is 0 Å². The summed E-state index contributed by atoms with van der Waals surface area (Å²) in [5.41, 5.74) is 1.54. The maximum atomic E-state index is 12.8. The van der Waals surface area contributed by atoms with E-state index in [1.165, 1.54) is 0 Å². The van der Waals surface area contributed by atoms with Gasteiger partial charge in [-0.1, -0.05) is 32.0 Å². The molecule has 206 valence electrons. The zero-order chi connectivity index (χ0) is 26.5. The molecule has 8 atom stereocenters. The third-order valence-corrected chi connectivity index (χ3v) is 9.29. The summed E-state index contributed by atoms with van der Waals surface area (Å²) in [6.07, 6.45) is 4.99. The number of H-pyrrole nitrogens is 1. The Balaban J connectivity index is 1.02. The van der Waals surface area contributed by atoms with Crippen LogP contribution in [0.3, 0.4) is 0 Å². The minimum Gasteiger partial charge on any atom is -0.435 e. The zero-order valence-electron chi connectivity index (χ0n) is 22.4. The van der Waals surface area contributed by atoms with Crippen LogP contribution in [0.2, 0.25) is 0 Å². The number of esters is 1. The highest BCUT2D eigenvalue weighted by Crippen LogP contribution is 2.60. The predicted octanol–water partition coefficient (Wildman–Crippen LogP) is 4.36. The van der Waals surface area contributed by atoms with Crippen LogP contribution in [0.15, 0.2) is 30.5 Å². The van der Waals surface area contributed by atoms with Crippen molar-refractivity contribution in [3.05, 3.63) is 36.0 Å². The summed E-state index contributed by atoms with van der Waals surface area (Å²) >= 11 is 0. The van der Waals surface area contributed by atoms with Gasteiger partial charge in [-0.25, -0.2) is 9.78 Å². The molecule has 2 aromatic rings. The fourth-order valence-corrected chi connectivity index (χ4v) is 7.17. The van der Waals surface area contributed by atoms with E-state index in [9.17, 15) is 9.59 Å². The summed E-state index contributed by atoms with van der Waals surface area (Å²) in [6, 6.07) is 8.08.